The molecule has 0 aliphatic heterocycles. The Morgan fingerprint density at radius 1 is 1.20 bits per heavy atom. The van der Waals surface area contributed by atoms with E-state index >= 15 is 0 Å². The van der Waals surface area contributed by atoms with Crippen LogP contribution in [0.25, 0.3) is 0 Å². The maximum atomic E-state index is 12.7. The number of rotatable bonds is 2. The van der Waals surface area contributed by atoms with Gasteiger partial charge in [0, 0.05) is 5.02 Å². The first kappa shape index (κ1) is 9.86. The third-order valence-electron chi connectivity index (χ3n) is 1.63. The molecule has 3 nitrogen and oxygen atoms in total. The molecule has 0 amide bonds. The van der Waals surface area contributed by atoms with Crippen LogP contribution in [0.15, 0.2) is 36.7 Å². The number of ether oxygens (including phenoxy) is 1. The van der Waals surface area contributed by atoms with E-state index in [1.165, 1.54) is 0 Å². The standard InChI is InChI=1S/C10H6ClFN2O/c11-7-2-1-3-8(4-7)15-10-5-9(12)13-6-14-10/h1-6H. The van der Waals surface area contributed by atoms with Gasteiger partial charge >= 0.3 is 0 Å². The number of benzene rings is 1. The zero-order valence-corrected chi connectivity index (χ0v) is 8.28. The smallest absolute Gasteiger partial charge is 0.225 e. The number of nitrogens with zero attached hydrogens (tertiary/aromatic N) is 2. The summed E-state index contributed by atoms with van der Waals surface area (Å²) >= 11 is 5.76. The summed E-state index contributed by atoms with van der Waals surface area (Å²) in [5, 5.41) is 0.544. The van der Waals surface area contributed by atoms with Gasteiger partial charge in [-0.2, -0.15) is 4.39 Å². The predicted molar refractivity (Wildman–Crippen MR) is 53.5 cm³/mol. The normalized spacial score (nSPS) is 10.0. The molecule has 0 unspecified atom stereocenters. The summed E-state index contributed by atoms with van der Waals surface area (Å²) in [6.45, 7) is 0. The summed E-state index contributed by atoms with van der Waals surface area (Å²) in [5.74, 6) is 0.00685. The highest BCUT2D eigenvalue weighted by molar-refractivity contribution is 6.30. The molecule has 0 radical (unpaired) electrons. The van der Waals surface area contributed by atoms with E-state index in [1.54, 1.807) is 24.3 Å². The fourth-order valence-electron chi connectivity index (χ4n) is 1.02. The van der Waals surface area contributed by atoms with Gasteiger partial charge in [0.1, 0.15) is 12.1 Å². The van der Waals surface area contributed by atoms with Gasteiger partial charge in [0.15, 0.2) is 0 Å². The molecule has 0 bridgehead atoms. The molecule has 1 aromatic carbocycles. The van der Waals surface area contributed by atoms with Gasteiger partial charge in [-0.25, -0.2) is 9.97 Å². The van der Waals surface area contributed by atoms with Gasteiger partial charge in [0.25, 0.3) is 0 Å². The molecule has 5 heteroatoms. The monoisotopic (exact) mass is 224 g/mol. The van der Waals surface area contributed by atoms with Gasteiger partial charge in [-0.1, -0.05) is 17.7 Å². The van der Waals surface area contributed by atoms with Crippen molar-refractivity contribution in [1.29, 1.82) is 0 Å². The number of aromatic nitrogens is 2. The summed E-state index contributed by atoms with van der Waals surface area (Å²) in [4.78, 5) is 7.06. The zero-order valence-electron chi connectivity index (χ0n) is 7.52. The van der Waals surface area contributed by atoms with Crippen LogP contribution in [0, 0.1) is 5.95 Å². The van der Waals surface area contributed by atoms with E-state index in [9.17, 15) is 4.39 Å². The SMILES string of the molecule is Fc1cc(Oc2cccc(Cl)c2)ncn1. The van der Waals surface area contributed by atoms with Crippen molar-refractivity contribution in [3.05, 3.63) is 47.6 Å². The van der Waals surface area contributed by atoms with Gasteiger partial charge in [-0.15, -0.1) is 0 Å². The van der Waals surface area contributed by atoms with E-state index in [1.807, 2.05) is 0 Å². The van der Waals surface area contributed by atoms with Crippen LogP contribution < -0.4 is 4.74 Å². The van der Waals surface area contributed by atoms with Crippen molar-refractivity contribution in [2.45, 2.75) is 0 Å². The van der Waals surface area contributed by atoms with Crippen molar-refractivity contribution < 1.29 is 9.13 Å². The maximum Gasteiger partial charge on any atom is 0.225 e. The van der Waals surface area contributed by atoms with Crippen molar-refractivity contribution in [1.82, 2.24) is 9.97 Å². The molecule has 0 atom stereocenters. The van der Waals surface area contributed by atoms with Crippen LogP contribution in [0.4, 0.5) is 4.39 Å². The Bertz CT molecular complexity index is 435. The molecule has 0 aliphatic rings. The Kier molecular flexibility index (Phi) is 2.78. The molecular weight excluding hydrogens is 219 g/mol. The maximum absolute atomic E-state index is 12.7. The lowest BCUT2D eigenvalue weighted by Gasteiger charge is -2.03. The summed E-state index contributed by atoms with van der Waals surface area (Å²) in [7, 11) is 0. The van der Waals surface area contributed by atoms with Crippen LogP contribution in [0.1, 0.15) is 0 Å². The second-order valence-corrected chi connectivity index (χ2v) is 3.17. The van der Waals surface area contributed by atoms with E-state index in [0.717, 1.165) is 12.4 Å². The largest absolute Gasteiger partial charge is 0.439 e. The lowest BCUT2D eigenvalue weighted by molar-refractivity contribution is 0.450. The minimum Gasteiger partial charge on any atom is -0.439 e. The van der Waals surface area contributed by atoms with Crippen molar-refractivity contribution in [3.8, 4) is 11.6 Å². The zero-order chi connectivity index (χ0) is 10.7. The van der Waals surface area contributed by atoms with Crippen LogP contribution >= 0.6 is 11.6 Å². The van der Waals surface area contributed by atoms with Gasteiger partial charge in [0.05, 0.1) is 6.07 Å². The number of hydrogen-bond donors (Lipinski definition) is 0. The molecule has 15 heavy (non-hydrogen) atoms. The van der Waals surface area contributed by atoms with E-state index in [4.69, 9.17) is 16.3 Å². The first-order valence-corrected chi connectivity index (χ1v) is 4.53. The van der Waals surface area contributed by atoms with E-state index in [0.29, 0.717) is 10.8 Å². The van der Waals surface area contributed by atoms with E-state index < -0.39 is 5.95 Å². The summed E-state index contributed by atoms with van der Waals surface area (Å²) in [6.07, 6.45) is 1.09. The van der Waals surface area contributed by atoms with Crippen LogP contribution in [0.5, 0.6) is 11.6 Å². The molecule has 2 aromatic rings. The molecule has 0 aliphatic carbocycles. The molecule has 0 saturated heterocycles. The van der Waals surface area contributed by atoms with Gasteiger partial charge in [0.2, 0.25) is 11.8 Å². The summed E-state index contributed by atoms with van der Waals surface area (Å²) in [6, 6.07) is 7.86. The van der Waals surface area contributed by atoms with Crippen LogP contribution in [0.3, 0.4) is 0 Å². The number of hydrogen-bond acceptors (Lipinski definition) is 3. The predicted octanol–water partition coefficient (Wildman–Crippen LogP) is 3.06. The third-order valence-corrected chi connectivity index (χ3v) is 1.86. The second-order valence-electron chi connectivity index (χ2n) is 2.74. The van der Waals surface area contributed by atoms with Crippen molar-refractivity contribution in [3.63, 3.8) is 0 Å². The third kappa shape index (κ3) is 2.63. The first-order valence-electron chi connectivity index (χ1n) is 4.15. The van der Waals surface area contributed by atoms with E-state index in [2.05, 4.69) is 9.97 Å². The molecular formula is C10H6ClFN2O. The van der Waals surface area contributed by atoms with Crippen LogP contribution in [-0.2, 0) is 0 Å². The molecule has 0 fully saturated rings. The lowest BCUT2D eigenvalue weighted by Crippen LogP contribution is -1.90. The number of halogens is 2. The lowest BCUT2D eigenvalue weighted by atomic mass is 10.3. The average Bonchev–Trinajstić information content (AvgIpc) is 2.17. The molecule has 2 rings (SSSR count). The van der Waals surface area contributed by atoms with Gasteiger partial charge in [-0.05, 0) is 18.2 Å². The quantitative estimate of drug-likeness (QED) is 0.736. The molecule has 1 aromatic heterocycles. The molecule has 0 saturated carbocycles. The Morgan fingerprint density at radius 2 is 2.07 bits per heavy atom. The fraction of sp³-hybridized carbons (Fsp3) is 0. The fourth-order valence-corrected chi connectivity index (χ4v) is 1.20. The Labute approximate surface area is 90.5 Å². The minimum absolute atomic E-state index is 0.143. The molecule has 1 heterocycles. The summed E-state index contributed by atoms with van der Waals surface area (Å²) in [5.41, 5.74) is 0. The summed E-state index contributed by atoms with van der Waals surface area (Å²) < 4.78 is 18.0. The molecule has 0 spiro atoms. The first-order chi connectivity index (χ1) is 7.24. The van der Waals surface area contributed by atoms with Gasteiger partial charge < -0.3 is 4.74 Å². The van der Waals surface area contributed by atoms with Crippen molar-refractivity contribution in [2.24, 2.45) is 0 Å². The Morgan fingerprint density at radius 3 is 2.80 bits per heavy atom. The molecule has 0 N–H and O–H groups in total. The highest BCUT2D eigenvalue weighted by Crippen LogP contribution is 2.22. The Balaban J connectivity index is 2.22. The highest BCUT2D eigenvalue weighted by Gasteiger charge is 2.01. The minimum atomic E-state index is -0.637. The topological polar surface area (TPSA) is 35.0 Å². The highest BCUT2D eigenvalue weighted by atomic mass is 35.5. The molecule has 76 valence electrons. The second kappa shape index (κ2) is 4.23. The van der Waals surface area contributed by atoms with Gasteiger partial charge in [-0.3, -0.25) is 0 Å². The van der Waals surface area contributed by atoms with E-state index in [-0.39, 0.29) is 5.88 Å². The van der Waals surface area contributed by atoms with Crippen LogP contribution in [-0.4, -0.2) is 9.97 Å². The Hall–Kier alpha value is -1.68. The average molecular weight is 225 g/mol. The van der Waals surface area contributed by atoms with Crippen molar-refractivity contribution >= 4 is 11.6 Å². The van der Waals surface area contributed by atoms with Crippen LogP contribution in [0.2, 0.25) is 5.02 Å². The van der Waals surface area contributed by atoms with Crippen molar-refractivity contribution in [2.75, 3.05) is 0 Å².